The molecule has 0 aliphatic heterocycles. The van der Waals surface area contributed by atoms with E-state index in [1.165, 1.54) is 12.3 Å². The van der Waals surface area contributed by atoms with E-state index in [0.717, 1.165) is 3.57 Å². The van der Waals surface area contributed by atoms with Crippen LogP contribution in [0.25, 0.3) is 6.08 Å². The predicted octanol–water partition coefficient (Wildman–Crippen LogP) is 1.76. The van der Waals surface area contributed by atoms with Gasteiger partial charge in [0.1, 0.15) is 11.5 Å². The van der Waals surface area contributed by atoms with Crippen molar-refractivity contribution in [3.8, 4) is 0 Å². The van der Waals surface area contributed by atoms with Crippen molar-refractivity contribution in [2.75, 3.05) is 13.2 Å². The van der Waals surface area contributed by atoms with E-state index in [1.807, 2.05) is 6.07 Å². The van der Waals surface area contributed by atoms with Gasteiger partial charge in [0.05, 0.1) is 18.4 Å². The van der Waals surface area contributed by atoms with E-state index in [4.69, 9.17) is 9.52 Å². The molecular formula is C16H15IN2O4. The quantitative estimate of drug-likeness (QED) is 0.485. The molecule has 23 heavy (non-hydrogen) atoms. The zero-order valence-electron chi connectivity index (χ0n) is 12.1. The van der Waals surface area contributed by atoms with Gasteiger partial charge in [-0.05, 0) is 46.9 Å². The second-order valence-electron chi connectivity index (χ2n) is 4.49. The van der Waals surface area contributed by atoms with Gasteiger partial charge < -0.3 is 20.2 Å². The van der Waals surface area contributed by atoms with Gasteiger partial charge in [-0.25, -0.2) is 0 Å². The van der Waals surface area contributed by atoms with E-state index in [1.54, 1.807) is 30.3 Å². The summed E-state index contributed by atoms with van der Waals surface area (Å²) in [6.07, 6.45) is 2.90. The Hall–Kier alpha value is -2.13. The van der Waals surface area contributed by atoms with Gasteiger partial charge in [0, 0.05) is 16.2 Å². The molecule has 0 bridgehead atoms. The summed E-state index contributed by atoms with van der Waals surface area (Å²) >= 11 is 2.05. The lowest BCUT2D eigenvalue weighted by atomic mass is 10.2. The molecule has 2 rings (SSSR count). The Labute approximate surface area is 146 Å². The molecule has 0 spiro atoms. The topological polar surface area (TPSA) is 91.6 Å². The number of aliphatic hydroxyl groups excluding tert-OH is 1. The van der Waals surface area contributed by atoms with E-state index >= 15 is 0 Å². The summed E-state index contributed by atoms with van der Waals surface area (Å²) in [4.78, 5) is 24.5. The molecule has 2 aromatic rings. The van der Waals surface area contributed by atoms with Gasteiger partial charge in [-0.3, -0.25) is 9.59 Å². The first-order valence-electron chi connectivity index (χ1n) is 6.82. The summed E-state index contributed by atoms with van der Waals surface area (Å²) in [5, 5.41) is 13.9. The van der Waals surface area contributed by atoms with E-state index in [-0.39, 0.29) is 18.8 Å². The largest absolute Gasteiger partial charge is 0.465 e. The van der Waals surface area contributed by atoms with Gasteiger partial charge in [0.25, 0.3) is 11.8 Å². The van der Waals surface area contributed by atoms with Crippen LogP contribution in [0.1, 0.15) is 16.1 Å². The zero-order valence-corrected chi connectivity index (χ0v) is 14.2. The maximum absolute atomic E-state index is 12.4. The van der Waals surface area contributed by atoms with Crippen molar-refractivity contribution in [3.05, 3.63) is 63.3 Å². The summed E-state index contributed by atoms with van der Waals surface area (Å²) in [6.45, 7) is -0.0998. The fourth-order valence-corrected chi connectivity index (χ4v) is 2.41. The smallest absolute Gasteiger partial charge is 0.268 e. The normalized spacial score (nSPS) is 11.1. The predicted molar refractivity (Wildman–Crippen MR) is 93.4 cm³/mol. The third kappa shape index (κ3) is 4.93. The molecule has 0 saturated heterocycles. The zero-order chi connectivity index (χ0) is 16.7. The first-order valence-corrected chi connectivity index (χ1v) is 7.90. The van der Waals surface area contributed by atoms with Crippen molar-refractivity contribution in [2.24, 2.45) is 0 Å². The highest BCUT2D eigenvalue weighted by molar-refractivity contribution is 14.1. The minimum Gasteiger partial charge on any atom is -0.465 e. The Morgan fingerprint density at radius 1 is 1.22 bits per heavy atom. The molecule has 7 heteroatoms. The van der Waals surface area contributed by atoms with Crippen LogP contribution < -0.4 is 10.6 Å². The third-order valence-corrected chi connectivity index (χ3v) is 3.78. The summed E-state index contributed by atoms with van der Waals surface area (Å²) in [6, 6.07) is 10.4. The number of amides is 2. The number of nitrogens with one attached hydrogen (secondary N) is 2. The number of hydrogen-bond acceptors (Lipinski definition) is 4. The van der Waals surface area contributed by atoms with E-state index in [0.29, 0.717) is 11.3 Å². The lowest BCUT2D eigenvalue weighted by Gasteiger charge is -2.10. The van der Waals surface area contributed by atoms with Crippen LogP contribution in [0.2, 0.25) is 0 Å². The van der Waals surface area contributed by atoms with Gasteiger partial charge in [-0.1, -0.05) is 12.1 Å². The molecule has 0 saturated carbocycles. The molecule has 0 radical (unpaired) electrons. The first-order chi connectivity index (χ1) is 11.1. The standard InChI is InChI=1S/C16H15IN2O4/c17-13-6-2-1-5-12(13)15(21)19-14(16(22)18-7-8-20)10-11-4-3-9-23-11/h1-6,9-10,20H,7-8H2,(H,18,22)(H,19,21)/b14-10+. The van der Waals surface area contributed by atoms with Crippen LogP contribution in [0, 0.1) is 3.57 Å². The number of carbonyl (C=O) groups is 2. The van der Waals surface area contributed by atoms with Gasteiger partial charge in [0.15, 0.2) is 0 Å². The van der Waals surface area contributed by atoms with Crippen LogP contribution in [0.4, 0.5) is 0 Å². The van der Waals surface area contributed by atoms with Crippen molar-refractivity contribution >= 4 is 40.5 Å². The molecule has 120 valence electrons. The third-order valence-electron chi connectivity index (χ3n) is 2.84. The number of halogens is 1. The highest BCUT2D eigenvalue weighted by atomic mass is 127. The molecule has 0 fully saturated rings. The summed E-state index contributed by atoms with van der Waals surface area (Å²) < 4.78 is 5.94. The Balaban J connectivity index is 2.22. The second-order valence-corrected chi connectivity index (χ2v) is 5.65. The lowest BCUT2D eigenvalue weighted by Crippen LogP contribution is -2.36. The Bertz CT molecular complexity index is 711. The first kappa shape index (κ1) is 17.2. The Morgan fingerprint density at radius 3 is 2.65 bits per heavy atom. The molecule has 0 aliphatic carbocycles. The van der Waals surface area contributed by atoms with Crippen molar-refractivity contribution in [2.45, 2.75) is 0 Å². The van der Waals surface area contributed by atoms with Gasteiger partial charge in [-0.15, -0.1) is 0 Å². The summed E-state index contributed by atoms with van der Waals surface area (Å²) in [5.74, 6) is -0.469. The van der Waals surface area contributed by atoms with E-state index in [9.17, 15) is 9.59 Å². The maximum atomic E-state index is 12.4. The highest BCUT2D eigenvalue weighted by Gasteiger charge is 2.16. The second kappa shape index (κ2) is 8.49. The molecule has 6 nitrogen and oxygen atoms in total. The average molecular weight is 426 g/mol. The molecule has 0 unspecified atom stereocenters. The molecule has 3 N–H and O–H groups in total. The van der Waals surface area contributed by atoms with Gasteiger partial charge in [0.2, 0.25) is 0 Å². The average Bonchev–Trinajstić information content (AvgIpc) is 3.05. The minimum absolute atomic E-state index is 0.0399. The summed E-state index contributed by atoms with van der Waals surface area (Å²) in [7, 11) is 0. The Kier molecular flexibility index (Phi) is 6.36. The SMILES string of the molecule is O=C(NCCO)/C(=C\c1ccco1)NC(=O)c1ccccc1I. The molecule has 1 aromatic heterocycles. The van der Waals surface area contributed by atoms with Crippen molar-refractivity contribution in [1.82, 2.24) is 10.6 Å². The fraction of sp³-hybridized carbons (Fsp3) is 0.125. The molecule has 0 atom stereocenters. The fourth-order valence-electron chi connectivity index (χ4n) is 1.77. The van der Waals surface area contributed by atoms with Crippen LogP contribution in [0.15, 0.2) is 52.8 Å². The number of benzene rings is 1. The number of furan rings is 1. The van der Waals surface area contributed by atoms with Crippen LogP contribution in [-0.2, 0) is 4.79 Å². The number of rotatable bonds is 6. The maximum Gasteiger partial charge on any atom is 0.268 e. The van der Waals surface area contributed by atoms with Crippen LogP contribution in [0.5, 0.6) is 0 Å². The van der Waals surface area contributed by atoms with E-state index < -0.39 is 11.8 Å². The van der Waals surface area contributed by atoms with Gasteiger partial charge in [-0.2, -0.15) is 0 Å². The monoisotopic (exact) mass is 426 g/mol. The summed E-state index contributed by atoms with van der Waals surface area (Å²) in [5.41, 5.74) is 0.506. The Morgan fingerprint density at radius 2 is 2.00 bits per heavy atom. The van der Waals surface area contributed by atoms with Crippen LogP contribution in [0.3, 0.4) is 0 Å². The molecule has 1 heterocycles. The lowest BCUT2D eigenvalue weighted by molar-refractivity contribution is -0.117. The van der Waals surface area contributed by atoms with Crippen molar-refractivity contribution in [1.29, 1.82) is 0 Å². The van der Waals surface area contributed by atoms with Crippen molar-refractivity contribution in [3.63, 3.8) is 0 Å². The minimum atomic E-state index is -0.505. The van der Waals surface area contributed by atoms with Gasteiger partial charge >= 0.3 is 0 Å². The molecule has 1 aromatic carbocycles. The molecule has 0 aliphatic rings. The number of aliphatic hydroxyl groups is 1. The number of hydrogen-bond donors (Lipinski definition) is 3. The van der Waals surface area contributed by atoms with Crippen LogP contribution >= 0.6 is 22.6 Å². The number of carbonyl (C=O) groups excluding carboxylic acids is 2. The highest BCUT2D eigenvalue weighted by Crippen LogP contribution is 2.13. The van der Waals surface area contributed by atoms with E-state index in [2.05, 4.69) is 33.2 Å². The van der Waals surface area contributed by atoms with Crippen LogP contribution in [-0.4, -0.2) is 30.1 Å². The van der Waals surface area contributed by atoms with Crippen molar-refractivity contribution < 1.29 is 19.1 Å². The molecular weight excluding hydrogens is 411 g/mol. The molecule has 2 amide bonds.